The van der Waals surface area contributed by atoms with E-state index >= 15 is 0 Å². The number of ether oxygens (including phenoxy) is 1. The SMILES string of the molecule is CCNC(COC)Cc1nc(-c2ccc(Cl)c(Cl)c2)no1. The Bertz CT molecular complexity index is 583. The normalized spacial score (nSPS) is 12.6. The number of hydrogen-bond acceptors (Lipinski definition) is 5. The molecule has 2 rings (SSSR count). The number of aromatic nitrogens is 2. The standard InChI is InChI=1S/C14H17Cl2N3O2/c1-3-17-10(8-20-2)7-13-18-14(19-21-13)9-4-5-11(15)12(16)6-9/h4-6,10,17H,3,7-8H2,1-2H3. The fourth-order valence-electron chi connectivity index (χ4n) is 1.98. The molecule has 0 spiro atoms. The van der Waals surface area contributed by atoms with Gasteiger partial charge in [-0.15, -0.1) is 0 Å². The summed E-state index contributed by atoms with van der Waals surface area (Å²) < 4.78 is 10.4. The van der Waals surface area contributed by atoms with Gasteiger partial charge in [-0.2, -0.15) is 4.98 Å². The highest BCUT2D eigenvalue weighted by Crippen LogP contribution is 2.27. The van der Waals surface area contributed by atoms with Crippen molar-refractivity contribution in [1.82, 2.24) is 15.5 Å². The largest absolute Gasteiger partial charge is 0.383 e. The van der Waals surface area contributed by atoms with E-state index < -0.39 is 0 Å². The first kappa shape index (κ1) is 16.2. The second kappa shape index (κ2) is 7.75. The number of likely N-dealkylation sites (N-methyl/N-ethyl adjacent to an activating group) is 1. The Kier molecular flexibility index (Phi) is 5.99. The summed E-state index contributed by atoms with van der Waals surface area (Å²) in [4.78, 5) is 4.38. The van der Waals surface area contributed by atoms with Crippen LogP contribution in [0, 0.1) is 0 Å². The Morgan fingerprint density at radius 3 is 2.81 bits per heavy atom. The number of nitrogens with one attached hydrogen (secondary N) is 1. The van der Waals surface area contributed by atoms with Crippen LogP contribution in [0.4, 0.5) is 0 Å². The minimum absolute atomic E-state index is 0.141. The zero-order valence-corrected chi connectivity index (χ0v) is 13.4. The quantitative estimate of drug-likeness (QED) is 0.845. The third-order valence-corrected chi connectivity index (χ3v) is 3.67. The van der Waals surface area contributed by atoms with Crippen molar-refractivity contribution >= 4 is 23.2 Å². The molecule has 1 aromatic carbocycles. The average Bonchev–Trinajstić information content (AvgIpc) is 2.91. The molecule has 5 nitrogen and oxygen atoms in total. The molecule has 2 aromatic rings. The van der Waals surface area contributed by atoms with Crippen molar-refractivity contribution in [2.24, 2.45) is 0 Å². The smallest absolute Gasteiger partial charge is 0.228 e. The molecule has 0 radical (unpaired) electrons. The lowest BCUT2D eigenvalue weighted by Crippen LogP contribution is -2.35. The van der Waals surface area contributed by atoms with E-state index in [0.29, 0.717) is 34.8 Å². The fourth-order valence-corrected chi connectivity index (χ4v) is 2.28. The summed E-state index contributed by atoms with van der Waals surface area (Å²) in [5.41, 5.74) is 0.770. The van der Waals surface area contributed by atoms with Crippen LogP contribution in [0.1, 0.15) is 12.8 Å². The van der Waals surface area contributed by atoms with Crippen molar-refractivity contribution in [3.8, 4) is 11.4 Å². The predicted molar refractivity (Wildman–Crippen MR) is 82.8 cm³/mol. The van der Waals surface area contributed by atoms with Crippen LogP contribution in [0.15, 0.2) is 22.7 Å². The van der Waals surface area contributed by atoms with Gasteiger partial charge in [-0.1, -0.05) is 35.3 Å². The molecule has 0 bridgehead atoms. The first-order valence-corrected chi connectivity index (χ1v) is 7.40. The molecule has 21 heavy (non-hydrogen) atoms. The molecule has 0 fully saturated rings. The highest BCUT2D eigenvalue weighted by Gasteiger charge is 2.15. The van der Waals surface area contributed by atoms with Gasteiger partial charge in [0.05, 0.1) is 16.7 Å². The lowest BCUT2D eigenvalue weighted by molar-refractivity contribution is 0.162. The van der Waals surface area contributed by atoms with Crippen LogP contribution < -0.4 is 5.32 Å². The molecule has 1 atom stereocenters. The van der Waals surface area contributed by atoms with Gasteiger partial charge in [-0.05, 0) is 24.7 Å². The Morgan fingerprint density at radius 1 is 1.33 bits per heavy atom. The summed E-state index contributed by atoms with van der Waals surface area (Å²) in [5.74, 6) is 1.05. The maximum absolute atomic E-state index is 5.99. The van der Waals surface area contributed by atoms with Crippen LogP contribution in [0.3, 0.4) is 0 Å². The summed E-state index contributed by atoms with van der Waals surface area (Å²) >= 11 is 11.9. The van der Waals surface area contributed by atoms with Crippen LogP contribution in [0.2, 0.25) is 10.0 Å². The van der Waals surface area contributed by atoms with Gasteiger partial charge in [0.1, 0.15) is 0 Å². The average molecular weight is 330 g/mol. The third-order valence-electron chi connectivity index (χ3n) is 2.93. The van der Waals surface area contributed by atoms with Crippen molar-refractivity contribution in [3.05, 3.63) is 34.1 Å². The van der Waals surface area contributed by atoms with E-state index in [2.05, 4.69) is 15.5 Å². The van der Waals surface area contributed by atoms with Crippen molar-refractivity contribution < 1.29 is 9.26 Å². The molecular weight excluding hydrogens is 313 g/mol. The zero-order chi connectivity index (χ0) is 15.2. The van der Waals surface area contributed by atoms with E-state index in [-0.39, 0.29) is 6.04 Å². The maximum Gasteiger partial charge on any atom is 0.228 e. The van der Waals surface area contributed by atoms with Gasteiger partial charge in [0.25, 0.3) is 0 Å². The molecule has 114 valence electrons. The number of methoxy groups -OCH3 is 1. The van der Waals surface area contributed by atoms with Crippen molar-refractivity contribution in [1.29, 1.82) is 0 Å². The number of hydrogen-bond donors (Lipinski definition) is 1. The molecule has 1 aromatic heterocycles. The third kappa shape index (κ3) is 4.41. The Balaban J connectivity index is 2.11. The number of rotatable bonds is 7. The molecule has 7 heteroatoms. The predicted octanol–water partition coefficient (Wildman–Crippen LogP) is 3.21. The minimum Gasteiger partial charge on any atom is -0.383 e. The van der Waals surface area contributed by atoms with Gasteiger partial charge in [-0.25, -0.2) is 0 Å². The van der Waals surface area contributed by atoms with Gasteiger partial charge in [0.15, 0.2) is 0 Å². The van der Waals surface area contributed by atoms with Crippen LogP contribution >= 0.6 is 23.2 Å². The molecule has 0 saturated heterocycles. The Labute approximate surface area is 133 Å². The molecule has 0 saturated carbocycles. The molecule has 0 aliphatic carbocycles. The summed E-state index contributed by atoms with van der Waals surface area (Å²) in [6.45, 7) is 3.47. The van der Waals surface area contributed by atoms with E-state index in [9.17, 15) is 0 Å². The highest BCUT2D eigenvalue weighted by atomic mass is 35.5. The van der Waals surface area contributed by atoms with Crippen molar-refractivity contribution in [2.45, 2.75) is 19.4 Å². The minimum atomic E-state index is 0.141. The lowest BCUT2D eigenvalue weighted by atomic mass is 10.2. The second-order valence-electron chi connectivity index (χ2n) is 4.55. The topological polar surface area (TPSA) is 60.2 Å². The van der Waals surface area contributed by atoms with Crippen molar-refractivity contribution in [3.63, 3.8) is 0 Å². The summed E-state index contributed by atoms with van der Waals surface area (Å²) in [6, 6.07) is 5.37. The Morgan fingerprint density at radius 2 is 2.14 bits per heavy atom. The number of halogens is 2. The monoisotopic (exact) mass is 329 g/mol. The van der Waals surface area contributed by atoms with E-state index in [1.165, 1.54) is 0 Å². The van der Waals surface area contributed by atoms with Gasteiger partial charge >= 0.3 is 0 Å². The Hall–Kier alpha value is -1.14. The number of benzene rings is 1. The van der Waals surface area contributed by atoms with Crippen LogP contribution in [-0.2, 0) is 11.2 Å². The molecule has 0 amide bonds. The molecule has 1 heterocycles. The maximum atomic E-state index is 5.99. The van der Waals surface area contributed by atoms with E-state index in [1.807, 2.05) is 6.92 Å². The van der Waals surface area contributed by atoms with E-state index in [0.717, 1.165) is 12.1 Å². The van der Waals surface area contributed by atoms with E-state index in [4.69, 9.17) is 32.5 Å². The molecule has 0 aliphatic heterocycles. The second-order valence-corrected chi connectivity index (χ2v) is 5.37. The van der Waals surface area contributed by atoms with Crippen molar-refractivity contribution in [2.75, 3.05) is 20.3 Å². The summed E-state index contributed by atoms with van der Waals surface area (Å²) in [7, 11) is 1.67. The van der Waals surface area contributed by atoms with Gasteiger partial charge in [0, 0.05) is 25.1 Å². The molecular formula is C14H17Cl2N3O2. The lowest BCUT2D eigenvalue weighted by Gasteiger charge is -2.14. The van der Waals surface area contributed by atoms with Crippen LogP contribution in [-0.4, -0.2) is 36.4 Å². The summed E-state index contributed by atoms with van der Waals surface area (Å²) in [5, 5.41) is 8.24. The number of nitrogens with zero attached hydrogens (tertiary/aromatic N) is 2. The van der Waals surface area contributed by atoms with E-state index in [1.54, 1.807) is 25.3 Å². The first-order valence-electron chi connectivity index (χ1n) is 6.64. The van der Waals surface area contributed by atoms with Gasteiger partial charge in [0.2, 0.25) is 11.7 Å². The van der Waals surface area contributed by atoms with Crippen LogP contribution in [0.25, 0.3) is 11.4 Å². The molecule has 1 unspecified atom stereocenters. The van der Waals surface area contributed by atoms with Gasteiger partial charge in [-0.3, -0.25) is 0 Å². The summed E-state index contributed by atoms with van der Waals surface area (Å²) in [6.07, 6.45) is 0.607. The molecule has 1 N–H and O–H groups in total. The fraction of sp³-hybridized carbons (Fsp3) is 0.429. The molecule has 0 aliphatic rings. The highest BCUT2D eigenvalue weighted by molar-refractivity contribution is 6.42. The first-order chi connectivity index (χ1) is 10.1. The van der Waals surface area contributed by atoms with Gasteiger partial charge < -0.3 is 14.6 Å². The van der Waals surface area contributed by atoms with Crippen LogP contribution in [0.5, 0.6) is 0 Å². The zero-order valence-electron chi connectivity index (χ0n) is 11.9.